The van der Waals surface area contributed by atoms with Gasteiger partial charge in [-0.05, 0) is 51.5 Å². The Hall–Kier alpha value is -0.610. The Morgan fingerprint density at radius 2 is 2.28 bits per heavy atom. The zero-order valence-electron chi connectivity index (χ0n) is 11.4. The lowest BCUT2D eigenvalue weighted by atomic mass is 9.80. The van der Waals surface area contributed by atoms with Crippen LogP contribution >= 0.6 is 0 Å². The molecule has 1 aliphatic heterocycles. The maximum absolute atomic E-state index is 12.3. The molecule has 0 aromatic heterocycles. The number of nitrogens with one attached hydrogen (secondary N) is 1. The molecular formula is C14H26N2O2. The second-order valence-corrected chi connectivity index (χ2v) is 6.17. The van der Waals surface area contributed by atoms with Gasteiger partial charge in [-0.1, -0.05) is 6.42 Å². The SMILES string of the molecule is CC1(NC(=O)C2CCCC(CN)C2)CCCOC1. The second kappa shape index (κ2) is 6.02. The van der Waals surface area contributed by atoms with E-state index in [4.69, 9.17) is 10.5 Å². The lowest BCUT2D eigenvalue weighted by Crippen LogP contribution is -2.53. The van der Waals surface area contributed by atoms with Gasteiger partial charge in [0.15, 0.2) is 0 Å². The van der Waals surface area contributed by atoms with Gasteiger partial charge in [-0.3, -0.25) is 4.79 Å². The summed E-state index contributed by atoms with van der Waals surface area (Å²) in [6, 6.07) is 0. The normalized spacial score (nSPS) is 37.2. The first-order chi connectivity index (χ1) is 8.63. The summed E-state index contributed by atoms with van der Waals surface area (Å²) in [5.74, 6) is 0.900. The highest BCUT2D eigenvalue weighted by Crippen LogP contribution is 2.29. The van der Waals surface area contributed by atoms with E-state index in [0.717, 1.165) is 38.7 Å². The molecule has 0 spiro atoms. The molecule has 2 aliphatic rings. The summed E-state index contributed by atoms with van der Waals surface area (Å²) in [5, 5.41) is 3.20. The molecule has 104 valence electrons. The molecule has 2 rings (SSSR count). The molecule has 0 aromatic carbocycles. The van der Waals surface area contributed by atoms with Gasteiger partial charge in [0.1, 0.15) is 0 Å². The fourth-order valence-corrected chi connectivity index (χ4v) is 3.18. The van der Waals surface area contributed by atoms with Crippen LogP contribution in [0.3, 0.4) is 0 Å². The van der Waals surface area contributed by atoms with E-state index in [1.807, 2.05) is 0 Å². The van der Waals surface area contributed by atoms with Gasteiger partial charge in [-0.25, -0.2) is 0 Å². The fourth-order valence-electron chi connectivity index (χ4n) is 3.18. The van der Waals surface area contributed by atoms with Crippen LogP contribution in [0.5, 0.6) is 0 Å². The largest absolute Gasteiger partial charge is 0.379 e. The third kappa shape index (κ3) is 3.45. The molecule has 3 atom stereocenters. The van der Waals surface area contributed by atoms with Crippen molar-refractivity contribution in [2.24, 2.45) is 17.6 Å². The molecule has 1 saturated carbocycles. The Morgan fingerprint density at radius 1 is 1.44 bits per heavy atom. The van der Waals surface area contributed by atoms with Crippen molar-refractivity contribution in [2.45, 2.75) is 51.0 Å². The monoisotopic (exact) mass is 254 g/mol. The summed E-state index contributed by atoms with van der Waals surface area (Å²) in [4.78, 5) is 12.3. The number of nitrogens with two attached hydrogens (primary N) is 1. The number of carbonyl (C=O) groups is 1. The van der Waals surface area contributed by atoms with Gasteiger partial charge in [0.2, 0.25) is 5.91 Å². The number of carbonyl (C=O) groups excluding carboxylic acids is 1. The number of ether oxygens (including phenoxy) is 1. The van der Waals surface area contributed by atoms with Gasteiger partial charge in [0.05, 0.1) is 12.1 Å². The third-order valence-corrected chi connectivity index (χ3v) is 4.35. The maximum atomic E-state index is 12.3. The number of rotatable bonds is 3. The van der Waals surface area contributed by atoms with Crippen LogP contribution in [-0.4, -0.2) is 31.2 Å². The summed E-state index contributed by atoms with van der Waals surface area (Å²) in [5.41, 5.74) is 5.56. The van der Waals surface area contributed by atoms with Crippen LogP contribution in [0, 0.1) is 11.8 Å². The summed E-state index contributed by atoms with van der Waals surface area (Å²) in [6.07, 6.45) is 6.34. The predicted molar refractivity (Wildman–Crippen MR) is 71.1 cm³/mol. The van der Waals surface area contributed by atoms with Crippen molar-refractivity contribution < 1.29 is 9.53 Å². The van der Waals surface area contributed by atoms with Crippen LogP contribution in [0.1, 0.15) is 45.4 Å². The Bertz CT molecular complexity index is 288. The van der Waals surface area contributed by atoms with Crippen molar-refractivity contribution >= 4 is 5.91 Å². The first-order valence-electron chi connectivity index (χ1n) is 7.23. The number of hydrogen-bond acceptors (Lipinski definition) is 3. The lowest BCUT2D eigenvalue weighted by molar-refractivity contribution is -0.130. The zero-order valence-corrected chi connectivity index (χ0v) is 11.4. The molecule has 0 radical (unpaired) electrons. The Balaban J connectivity index is 1.86. The second-order valence-electron chi connectivity index (χ2n) is 6.17. The van der Waals surface area contributed by atoms with Crippen LogP contribution < -0.4 is 11.1 Å². The standard InChI is InChI=1S/C14H26N2O2/c1-14(6-3-7-18-10-14)16-13(17)12-5-2-4-11(8-12)9-15/h11-12H,2-10,15H2,1H3,(H,16,17). The minimum absolute atomic E-state index is 0.158. The molecule has 4 heteroatoms. The molecule has 18 heavy (non-hydrogen) atoms. The van der Waals surface area contributed by atoms with Gasteiger partial charge in [-0.15, -0.1) is 0 Å². The molecule has 1 heterocycles. The van der Waals surface area contributed by atoms with E-state index in [1.54, 1.807) is 0 Å². The molecular weight excluding hydrogens is 228 g/mol. The quantitative estimate of drug-likeness (QED) is 0.801. The minimum Gasteiger partial charge on any atom is -0.379 e. The summed E-state index contributed by atoms with van der Waals surface area (Å²) in [6.45, 7) is 4.27. The highest BCUT2D eigenvalue weighted by molar-refractivity contribution is 5.79. The molecule has 0 aromatic rings. The van der Waals surface area contributed by atoms with Crippen molar-refractivity contribution in [3.8, 4) is 0 Å². The van der Waals surface area contributed by atoms with Gasteiger partial charge in [0.25, 0.3) is 0 Å². The van der Waals surface area contributed by atoms with E-state index < -0.39 is 0 Å². The molecule has 3 unspecified atom stereocenters. The fraction of sp³-hybridized carbons (Fsp3) is 0.929. The summed E-state index contributed by atoms with van der Waals surface area (Å²) < 4.78 is 5.48. The molecule has 4 nitrogen and oxygen atoms in total. The smallest absolute Gasteiger partial charge is 0.223 e. The lowest BCUT2D eigenvalue weighted by Gasteiger charge is -2.37. The van der Waals surface area contributed by atoms with Crippen LogP contribution in [-0.2, 0) is 9.53 Å². The Morgan fingerprint density at radius 3 is 2.94 bits per heavy atom. The Kier molecular flexibility index (Phi) is 4.62. The third-order valence-electron chi connectivity index (χ3n) is 4.35. The van der Waals surface area contributed by atoms with E-state index in [9.17, 15) is 4.79 Å². The van der Waals surface area contributed by atoms with E-state index in [2.05, 4.69) is 12.2 Å². The van der Waals surface area contributed by atoms with Crippen molar-refractivity contribution in [2.75, 3.05) is 19.8 Å². The van der Waals surface area contributed by atoms with Crippen molar-refractivity contribution in [3.05, 3.63) is 0 Å². The zero-order chi connectivity index (χ0) is 13.0. The van der Waals surface area contributed by atoms with Crippen LogP contribution in [0.25, 0.3) is 0 Å². The molecule has 0 bridgehead atoms. The van der Waals surface area contributed by atoms with Crippen molar-refractivity contribution in [1.29, 1.82) is 0 Å². The minimum atomic E-state index is -0.162. The Labute approximate surface area is 110 Å². The van der Waals surface area contributed by atoms with Crippen molar-refractivity contribution in [3.63, 3.8) is 0 Å². The van der Waals surface area contributed by atoms with E-state index >= 15 is 0 Å². The van der Waals surface area contributed by atoms with E-state index in [0.29, 0.717) is 19.1 Å². The van der Waals surface area contributed by atoms with Gasteiger partial charge in [0, 0.05) is 12.5 Å². The molecule has 1 saturated heterocycles. The predicted octanol–water partition coefficient (Wildman–Crippen LogP) is 1.44. The first-order valence-corrected chi connectivity index (χ1v) is 7.23. The highest BCUT2D eigenvalue weighted by Gasteiger charge is 2.33. The average Bonchev–Trinajstić information content (AvgIpc) is 2.39. The number of amides is 1. The first kappa shape index (κ1) is 13.8. The summed E-state index contributed by atoms with van der Waals surface area (Å²) in [7, 11) is 0. The molecule has 3 N–H and O–H groups in total. The molecule has 1 amide bonds. The van der Waals surface area contributed by atoms with Crippen LogP contribution in [0.2, 0.25) is 0 Å². The van der Waals surface area contributed by atoms with Crippen molar-refractivity contribution in [1.82, 2.24) is 5.32 Å². The topological polar surface area (TPSA) is 64.4 Å². The maximum Gasteiger partial charge on any atom is 0.223 e. The van der Waals surface area contributed by atoms with Gasteiger partial charge >= 0.3 is 0 Å². The average molecular weight is 254 g/mol. The summed E-state index contributed by atoms with van der Waals surface area (Å²) >= 11 is 0. The van der Waals surface area contributed by atoms with Gasteiger partial charge < -0.3 is 15.8 Å². The van der Waals surface area contributed by atoms with Gasteiger partial charge in [-0.2, -0.15) is 0 Å². The molecule has 2 fully saturated rings. The molecule has 1 aliphatic carbocycles. The van der Waals surface area contributed by atoms with Crippen LogP contribution in [0.4, 0.5) is 0 Å². The highest BCUT2D eigenvalue weighted by atomic mass is 16.5. The van der Waals surface area contributed by atoms with E-state index in [1.165, 1.54) is 6.42 Å². The van der Waals surface area contributed by atoms with E-state index in [-0.39, 0.29) is 17.4 Å². The van der Waals surface area contributed by atoms with Crippen LogP contribution in [0.15, 0.2) is 0 Å². The number of hydrogen-bond donors (Lipinski definition) is 2.